The molecule has 2 fully saturated rings. The summed E-state index contributed by atoms with van der Waals surface area (Å²) < 4.78 is 0. The van der Waals surface area contributed by atoms with Gasteiger partial charge in [0.1, 0.15) is 0 Å². The molecule has 1 N–H and O–H groups in total. The van der Waals surface area contributed by atoms with Gasteiger partial charge in [-0.15, -0.1) is 0 Å². The lowest BCUT2D eigenvalue weighted by molar-refractivity contribution is -0.122. The summed E-state index contributed by atoms with van der Waals surface area (Å²) in [6.45, 7) is 1.03. The molecule has 2 unspecified atom stereocenters. The van der Waals surface area contributed by atoms with Crippen molar-refractivity contribution in [1.82, 2.24) is 5.32 Å². The summed E-state index contributed by atoms with van der Waals surface area (Å²) in [5, 5.41) is 3.48. The lowest BCUT2D eigenvalue weighted by Crippen LogP contribution is -2.47. The fraction of sp³-hybridized carbons (Fsp3) is 0.900. The first-order valence-electron chi connectivity index (χ1n) is 5.23. The van der Waals surface area contributed by atoms with Gasteiger partial charge < -0.3 is 5.32 Å². The van der Waals surface area contributed by atoms with Gasteiger partial charge in [-0.25, -0.2) is 0 Å². The van der Waals surface area contributed by atoms with E-state index in [0.29, 0.717) is 0 Å². The molecular formula is C10H15Cl2NO. The molecule has 0 bridgehead atoms. The zero-order chi connectivity index (χ0) is 10.2. The molecule has 1 heterocycles. The van der Waals surface area contributed by atoms with Crippen molar-refractivity contribution in [3.8, 4) is 0 Å². The van der Waals surface area contributed by atoms with Crippen molar-refractivity contribution < 1.29 is 4.79 Å². The fourth-order valence-electron chi connectivity index (χ4n) is 2.98. The third-order valence-corrected chi connectivity index (χ3v) is 4.05. The number of ketones is 1. The summed E-state index contributed by atoms with van der Waals surface area (Å²) in [6.07, 6.45) is 5.43. The molecular weight excluding hydrogens is 221 g/mol. The molecule has 14 heavy (non-hydrogen) atoms. The molecule has 1 aliphatic heterocycles. The van der Waals surface area contributed by atoms with Gasteiger partial charge in [0, 0.05) is 11.5 Å². The van der Waals surface area contributed by atoms with Crippen molar-refractivity contribution in [1.29, 1.82) is 0 Å². The Bertz CT molecular complexity index is 231. The van der Waals surface area contributed by atoms with E-state index in [9.17, 15) is 4.79 Å². The average Bonchev–Trinajstić information content (AvgIpc) is 2.76. The Morgan fingerprint density at radius 2 is 2.07 bits per heavy atom. The molecule has 0 aromatic carbocycles. The second-order valence-electron chi connectivity index (χ2n) is 4.33. The van der Waals surface area contributed by atoms with Crippen molar-refractivity contribution in [2.45, 2.75) is 42.5 Å². The Balaban J connectivity index is 2.14. The van der Waals surface area contributed by atoms with Gasteiger partial charge in [-0.05, 0) is 32.2 Å². The summed E-state index contributed by atoms with van der Waals surface area (Å²) >= 11 is 11.3. The SMILES string of the molecule is O=C(C(Cl)Cl)C1CCCC12CCCN2. The van der Waals surface area contributed by atoms with E-state index in [1.165, 1.54) is 6.42 Å². The molecule has 1 aliphatic carbocycles. The van der Waals surface area contributed by atoms with E-state index >= 15 is 0 Å². The molecule has 80 valence electrons. The molecule has 2 aliphatic rings. The molecule has 1 saturated carbocycles. The van der Waals surface area contributed by atoms with Gasteiger partial charge in [0.25, 0.3) is 0 Å². The normalized spacial score (nSPS) is 37.2. The molecule has 0 aromatic heterocycles. The Hall–Kier alpha value is 0.210. The fourth-order valence-corrected chi connectivity index (χ4v) is 3.28. The number of carbonyl (C=O) groups excluding carboxylic acids is 1. The van der Waals surface area contributed by atoms with Gasteiger partial charge in [-0.1, -0.05) is 29.6 Å². The minimum atomic E-state index is -0.850. The first kappa shape index (κ1) is 10.7. The van der Waals surface area contributed by atoms with Crippen LogP contribution in [-0.4, -0.2) is 22.7 Å². The summed E-state index contributed by atoms with van der Waals surface area (Å²) in [5.74, 6) is 0.0604. The quantitative estimate of drug-likeness (QED) is 0.745. The van der Waals surface area contributed by atoms with Crippen molar-refractivity contribution in [3.63, 3.8) is 0 Å². The van der Waals surface area contributed by atoms with E-state index < -0.39 is 4.84 Å². The molecule has 0 radical (unpaired) electrons. The Morgan fingerprint density at radius 3 is 2.64 bits per heavy atom. The van der Waals surface area contributed by atoms with Gasteiger partial charge in [0.15, 0.2) is 10.6 Å². The van der Waals surface area contributed by atoms with Crippen LogP contribution in [0.25, 0.3) is 0 Å². The third kappa shape index (κ3) is 1.68. The van der Waals surface area contributed by atoms with E-state index in [1.807, 2.05) is 0 Å². The number of halogens is 2. The highest BCUT2D eigenvalue weighted by Crippen LogP contribution is 2.43. The largest absolute Gasteiger partial charge is 0.311 e. The Kier molecular flexibility index (Phi) is 3.06. The van der Waals surface area contributed by atoms with Gasteiger partial charge in [-0.2, -0.15) is 0 Å². The van der Waals surface area contributed by atoms with Crippen LogP contribution in [0.1, 0.15) is 32.1 Å². The lowest BCUT2D eigenvalue weighted by atomic mass is 9.83. The number of Topliss-reactive ketones (excluding diaryl/α,β-unsaturated/α-hetero) is 1. The molecule has 2 nitrogen and oxygen atoms in total. The predicted octanol–water partition coefficient (Wildman–Crippen LogP) is 2.28. The number of alkyl halides is 2. The molecule has 0 amide bonds. The first-order valence-corrected chi connectivity index (χ1v) is 6.10. The van der Waals surface area contributed by atoms with Crippen LogP contribution in [0.5, 0.6) is 0 Å². The number of carbonyl (C=O) groups is 1. The monoisotopic (exact) mass is 235 g/mol. The number of nitrogens with one attached hydrogen (secondary N) is 1. The molecule has 2 atom stereocenters. The smallest absolute Gasteiger partial charge is 0.170 e. The Morgan fingerprint density at radius 1 is 1.36 bits per heavy atom. The van der Waals surface area contributed by atoms with Crippen molar-refractivity contribution >= 4 is 29.0 Å². The summed E-state index contributed by atoms with van der Waals surface area (Å²) in [4.78, 5) is 11.0. The second-order valence-corrected chi connectivity index (χ2v) is 5.43. The highest BCUT2D eigenvalue weighted by molar-refractivity contribution is 6.54. The predicted molar refractivity (Wildman–Crippen MR) is 57.8 cm³/mol. The van der Waals surface area contributed by atoms with Crippen LogP contribution in [0.4, 0.5) is 0 Å². The van der Waals surface area contributed by atoms with Gasteiger partial charge >= 0.3 is 0 Å². The topological polar surface area (TPSA) is 29.1 Å². The van der Waals surface area contributed by atoms with Crippen LogP contribution < -0.4 is 5.32 Å². The van der Waals surface area contributed by atoms with E-state index in [4.69, 9.17) is 23.2 Å². The van der Waals surface area contributed by atoms with E-state index in [0.717, 1.165) is 32.2 Å². The van der Waals surface area contributed by atoms with E-state index in [-0.39, 0.29) is 17.2 Å². The highest BCUT2D eigenvalue weighted by atomic mass is 35.5. The minimum Gasteiger partial charge on any atom is -0.311 e. The average molecular weight is 236 g/mol. The molecule has 4 heteroatoms. The maximum atomic E-state index is 11.8. The van der Waals surface area contributed by atoms with E-state index in [1.54, 1.807) is 0 Å². The lowest BCUT2D eigenvalue weighted by Gasteiger charge is -2.30. The van der Waals surface area contributed by atoms with Gasteiger partial charge in [0.2, 0.25) is 0 Å². The number of rotatable bonds is 2. The molecule has 0 aromatic rings. The van der Waals surface area contributed by atoms with Crippen LogP contribution in [0.3, 0.4) is 0 Å². The standard InChI is InChI=1S/C10H15Cl2NO/c11-9(12)8(14)7-3-1-4-10(7)5-2-6-13-10/h7,9,13H,1-6H2. The van der Waals surface area contributed by atoms with Gasteiger partial charge in [0.05, 0.1) is 0 Å². The molecule has 1 spiro atoms. The molecule has 2 rings (SSSR count). The second kappa shape index (κ2) is 3.99. The van der Waals surface area contributed by atoms with E-state index in [2.05, 4.69) is 5.32 Å². The van der Waals surface area contributed by atoms with Crippen molar-refractivity contribution in [2.75, 3.05) is 6.54 Å². The third-order valence-electron chi connectivity index (χ3n) is 3.62. The maximum absolute atomic E-state index is 11.8. The molecule has 1 saturated heterocycles. The number of hydrogen-bond acceptors (Lipinski definition) is 2. The number of hydrogen-bond donors (Lipinski definition) is 1. The zero-order valence-electron chi connectivity index (χ0n) is 8.06. The van der Waals surface area contributed by atoms with Gasteiger partial charge in [-0.3, -0.25) is 4.79 Å². The van der Waals surface area contributed by atoms with Crippen LogP contribution >= 0.6 is 23.2 Å². The Labute approximate surface area is 94.3 Å². The maximum Gasteiger partial charge on any atom is 0.170 e. The zero-order valence-corrected chi connectivity index (χ0v) is 9.57. The van der Waals surface area contributed by atoms with Crippen LogP contribution in [0.15, 0.2) is 0 Å². The van der Waals surface area contributed by atoms with Crippen molar-refractivity contribution in [3.05, 3.63) is 0 Å². The summed E-state index contributed by atoms with van der Waals surface area (Å²) in [6, 6.07) is 0. The first-order chi connectivity index (χ1) is 6.66. The minimum absolute atomic E-state index is 0.0141. The highest BCUT2D eigenvalue weighted by Gasteiger charge is 2.48. The summed E-state index contributed by atoms with van der Waals surface area (Å²) in [5.41, 5.74) is 0.0408. The van der Waals surface area contributed by atoms with Crippen molar-refractivity contribution in [2.24, 2.45) is 5.92 Å². The van der Waals surface area contributed by atoms with Crippen LogP contribution in [0, 0.1) is 5.92 Å². The van der Waals surface area contributed by atoms with Crippen LogP contribution in [0.2, 0.25) is 0 Å². The van der Waals surface area contributed by atoms with Crippen LogP contribution in [-0.2, 0) is 4.79 Å². The summed E-state index contributed by atoms with van der Waals surface area (Å²) in [7, 11) is 0.